The number of hydrogen-bond donors (Lipinski definition) is 0. The maximum absolute atomic E-state index is 0. The van der Waals surface area contributed by atoms with Crippen LogP contribution >= 0.6 is 0 Å². The van der Waals surface area contributed by atoms with Crippen molar-refractivity contribution in [3.8, 4) is 0 Å². The Bertz CT molecular complexity index is 5.57. The first kappa shape index (κ1) is 125. The minimum Gasteiger partial charge on any atom is -0.0776 e. The van der Waals surface area contributed by atoms with Crippen LogP contribution in [0.4, 0.5) is 0 Å². The Morgan fingerprint density at radius 1 is 0.111 bits per heavy atom. The van der Waals surface area contributed by atoms with Crippen molar-refractivity contribution in [1.82, 2.24) is 0 Å². The van der Waals surface area contributed by atoms with E-state index >= 15 is 0 Å². The molecule has 76 valence electrons. The molecule has 18 heavy (non-hydrogen) atoms. The van der Waals surface area contributed by atoms with Gasteiger partial charge in [-0.2, -0.15) is 0 Å². The van der Waals surface area contributed by atoms with Gasteiger partial charge in [0.05, 0.1) is 0 Å². The number of rotatable bonds is 0. The van der Waals surface area contributed by atoms with E-state index in [0.717, 1.165) is 0 Å². The van der Waals surface area contributed by atoms with Gasteiger partial charge in [0.15, 0.2) is 0 Å². The van der Waals surface area contributed by atoms with Crippen molar-refractivity contribution in [3.63, 3.8) is 0 Å². The van der Waals surface area contributed by atoms with E-state index < -0.39 is 0 Å². The summed E-state index contributed by atoms with van der Waals surface area (Å²) in [6, 6.07) is 0. The summed E-state index contributed by atoms with van der Waals surface area (Å²) < 4.78 is 0. The molecule has 0 aromatic rings. The molecule has 0 aliphatic rings. The fourth-order valence-electron chi connectivity index (χ4n) is 0. The van der Waals surface area contributed by atoms with E-state index in [0.29, 0.717) is 0 Å². The van der Waals surface area contributed by atoms with E-state index in [2.05, 4.69) is 0 Å². The third-order valence-corrected chi connectivity index (χ3v) is 0. The molecule has 0 unspecified atom stereocenters. The van der Waals surface area contributed by atoms with Crippen molar-refractivity contribution in [2.45, 2.75) is 7.43 Å². The molecule has 0 aliphatic heterocycles. The molecule has 0 fully saturated rings. The third kappa shape index (κ3) is 107. The molecular formula is CH4Th17. The Balaban J connectivity index is 0. The van der Waals surface area contributed by atoms with E-state index in [1.54, 1.807) is 0 Å². The Kier molecular flexibility index (Phi) is 802. The van der Waals surface area contributed by atoms with E-state index in [1.807, 2.05) is 0 Å². The third-order valence-electron chi connectivity index (χ3n) is 0. The molecule has 0 aromatic carbocycles. The van der Waals surface area contributed by atoms with Crippen LogP contribution in [0.3, 0.4) is 0 Å². The average Bonchev–Trinajstić information content (AvgIpc) is 0. The predicted molar refractivity (Wildman–Crippen MR) is 6.73 cm³/mol. The molecule has 0 heterocycles. The topological polar surface area (TPSA) is 0 Å². The van der Waals surface area contributed by atoms with Gasteiger partial charge >= 0.3 is 0 Å². The van der Waals surface area contributed by atoms with Crippen LogP contribution in [0.2, 0.25) is 0 Å². The van der Waals surface area contributed by atoms with Gasteiger partial charge in [-0.05, 0) is 0 Å². The molecule has 0 spiro atoms. The maximum atomic E-state index is 0. The normalized spacial score (nSPS) is 0. The summed E-state index contributed by atoms with van der Waals surface area (Å²) in [5.41, 5.74) is 0. The molecule has 0 saturated heterocycles. The van der Waals surface area contributed by atoms with Crippen LogP contribution in [0, 0.1) is 679 Å². The molecule has 0 rings (SSSR count). The SMILES string of the molecule is C.[Th].[Th].[Th].[Th].[Th].[Th].[Th].[Th].[Th].[Th].[Th].[Th].[Th].[Th].[Th].[Th].[Th]. The van der Waals surface area contributed by atoms with E-state index in [9.17, 15) is 0 Å². The van der Waals surface area contributed by atoms with Crippen molar-refractivity contribution in [2.75, 3.05) is 0 Å². The fraction of sp³-hybridized carbons (Fsp3) is 1.00. The van der Waals surface area contributed by atoms with Crippen molar-refractivity contribution < 1.29 is 679 Å². The molecular weight excluding hydrogens is 3960 g/mol. The summed E-state index contributed by atoms with van der Waals surface area (Å²) in [5.74, 6) is 0. The summed E-state index contributed by atoms with van der Waals surface area (Å²) in [6.07, 6.45) is 0. The molecule has 0 amide bonds. The molecule has 0 radical (unpaired) electrons. The first-order valence-electron chi connectivity index (χ1n) is 0. The van der Waals surface area contributed by atoms with Gasteiger partial charge in [0.2, 0.25) is 0 Å². The van der Waals surface area contributed by atoms with Crippen LogP contribution in [0.15, 0.2) is 0 Å². The second-order valence-electron chi connectivity index (χ2n) is 0. The van der Waals surface area contributed by atoms with Crippen molar-refractivity contribution in [2.24, 2.45) is 0 Å². The monoisotopic (exact) mass is 3960 g/mol. The summed E-state index contributed by atoms with van der Waals surface area (Å²) >= 11 is 0. The smallest absolute Gasteiger partial charge is 0 e. The minimum atomic E-state index is 0. The van der Waals surface area contributed by atoms with Gasteiger partial charge in [0.25, 0.3) is 0 Å². The van der Waals surface area contributed by atoms with Crippen molar-refractivity contribution in [1.29, 1.82) is 0 Å². The summed E-state index contributed by atoms with van der Waals surface area (Å²) in [4.78, 5) is 0. The van der Waals surface area contributed by atoms with Gasteiger partial charge in [-0.25, -0.2) is 0 Å². The molecule has 0 bridgehead atoms. The van der Waals surface area contributed by atoms with Gasteiger partial charge in [0.1, 0.15) is 0 Å². The van der Waals surface area contributed by atoms with Crippen LogP contribution in [-0.4, -0.2) is 0 Å². The summed E-state index contributed by atoms with van der Waals surface area (Å²) in [5, 5.41) is 0. The predicted octanol–water partition coefficient (Wildman–Crippen LogP) is 0.636. The molecule has 0 nitrogen and oxygen atoms in total. The number of hydrogen-bond acceptors (Lipinski definition) is 0. The van der Waals surface area contributed by atoms with Gasteiger partial charge in [-0.15, -0.1) is 0 Å². The zero-order chi connectivity index (χ0) is 0. The minimum absolute atomic E-state index is 0. The Hall–Kier alpha value is 22.5. The van der Waals surface area contributed by atoms with Gasteiger partial charge in [0, 0.05) is 679 Å². The molecule has 0 N–H and O–H groups in total. The van der Waals surface area contributed by atoms with Crippen molar-refractivity contribution in [3.05, 3.63) is 0 Å². The molecule has 0 aromatic heterocycles. The van der Waals surface area contributed by atoms with Crippen LogP contribution in [0.1, 0.15) is 7.43 Å². The molecule has 0 aliphatic carbocycles. The Morgan fingerprint density at radius 2 is 0.111 bits per heavy atom. The second kappa shape index (κ2) is 116. The van der Waals surface area contributed by atoms with Gasteiger partial charge in [-0.1, -0.05) is 7.43 Å². The van der Waals surface area contributed by atoms with E-state index in [4.69, 9.17) is 0 Å². The Labute approximate surface area is 658 Å². The van der Waals surface area contributed by atoms with Crippen molar-refractivity contribution >= 4 is 0 Å². The van der Waals surface area contributed by atoms with Gasteiger partial charge in [-0.3, -0.25) is 0 Å². The molecule has 17 heteroatoms. The fourth-order valence-corrected chi connectivity index (χ4v) is 0. The van der Waals surface area contributed by atoms with Crippen LogP contribution < -0.4 is 0 Å². The average molecular weight is 3960 g/mol. The Morgan fingerprint density at radius 3 is 0.111 bits per heavy atom. The summed E-state index contributed by atoms with van der Waals surface area (Å²) in [7, 11) is 0. The van der Waals surface area contributed by atoms with Crippen LogP contribution in [0.5, 0.6) is 0 Å². The molecule has 0 atom stereocenters. The summed E-state index contributed by atoms with van der Waals surface area (Å²) in [6.45, 7) is 0. The quantitative estimate of drug-likeness (QED) is 0.335. The van der Waals surface area contributed by atoms with Crippen LogP contribution in [0.25, 0.3) is 0 Å². The maximum Gasteiger partial charge on any atom is 0 e. The first-order valence-corrected chi connectivity index (χ1v) is 0. The van der Waals surface area contributed by atoms with E-state index in [1.165, 1.54) is 0 Å². The second-order valence-corrected chi connectivity index (χ2v) is 0. The zero-order valence-electron chi connectivity index (χ0n) is 8.50. The largest absolute Gasteiger partial charge is 0.0776 e. The van der Waals surface area contributed by atoms with Crippen LogP contribution in [-0.2, 0) is 0 Å². The molecule has 0 saturated carbocycles. The standard InChI is InChI=1S/CH4.17Th/h1H4;;;;;;;;;;;;;;;;;. The van der Waals surface area contributed by atoms with E-state index in [-0.39, 0.29) is 686 Å². The van der Waals surface area contributed by atoms with Gasteiger partial charge < -0.3 is 0 Å². The first-order chi connectivity index (χ1) is 0. The zero-order valence-corrected chi connectivity index (χ0v) is 78.4.